The van der Waals surface area contributed by atoms with Crippen molar-refractivity contribution in [2.75, 3.05) is 0 Å². The summed E-state index contributed by atoms with van der Waals surface area (Å²) in [7, 11) is 0. The van der Waals surface area contributed by atoms with Crippen LogP contribution in [0.25, 0.3) is 50.0 Å². The summed E-state index contributed by atoms with van der Waals surface area (Å²) in [4.78, 5) is 0. The van der Waals surface area contributed by atoms with Gasteiger partial charge in [-0.25, -0.2) is 4.57 Å². The van der Waals surface area contributed by atoms with Crippen molar-refractivity contribution in [2.24, 2.45) is 0 Å². The first-order chi connectivity index (χ1) is 20.4. The number of nitrogens with zero attached hydrogens (tertiary/aromatic N) is 2. The van der Waals surface area contributed by atoms with Crippen molar-refractivity contribution in [3.63, 3.8) is 0 Å². The molecule has 204 valence electrons. The second kappa shape index (κ2) is 9.34. The Kier molecular flexibility index (Phi) is 5.43. The van der Waals surface area contributed by atoms with Crippen LogP contribution in [0.3, 0.4) is 0 Å². The van der Waals surface area contributed by atoms with E-state index in [1.165, 1.54) is 114 Å². The van der Waals surface area contributed by atoms with Crippen molar-refractivity contribution in [1.29, 1.82) is 0 Å². The first-order valence-electron chi connectivity index (χ1n) is 16.0. The SMILES string of the molecule is c1ccc2c(c1)C[n+]1c-2n(-c2c(C3CCCCC3)cc(C3CCCCC3)c3c2oc2ccccc23)c2ccccc21. The molecule has 41 heavy (non-hydrogen) atoms. The molecule has 0 bridgehead atoms. The molecule has 0 amide bonds. The van der Waals surface area contributed by atoms with Crippen LogP contribution in [0.5, 0.6) is 0 Å². The number of rotatable bonds is 3. The Labute approximate surface area is 241 Å². The van der Waals surface area contributed by atoms with Crippen LogP contribution in [0.15, 0.2) is 83.3 Å². The van der Waals surface area contributed by atoms with Gasteiger partial charge in [-0.3, -0.25) is 0 Å². The highest BCUT2D eigenvalue weighted by molar-refractivity contribution is 6.10. The molecule has 1 aliphatic heterocycles. The molecule has 0 saturated heterocycles. The summed E-state index contributed by atoms with van der Waals surface area (Å²) in [6, 6.07) is 29.5. The molecule has 2 aromatic heterocycles. The molecule has 6 aromatic rings. The fraction of sp³-hybridized carbons (Fsp3) is 0.342. The summed E-state index contributed by atoms with van der Waals surface area (Å²) in [6.45, 7) is 0.918. The van der Waals surface area contributed by atoms with Gasteiger partial charge >= 0.3 is 0 Å². The fourth-order valence-electron chi connectivity index (χ4n) is 8.56. The zero-order valence-corrected chi connectivity index (χ0v) is 23.7. The minimum atomic E-state index is 0.567. The Balaban J connectivity index is 1.45. The molecule has 2 aliphatic carbocycles. The van der Waals surface area contributed by atoms with Crippen LogP contribution in [0.2, 0.25) is 0 Å². The lowest BCUT2D eigenvalue weighted by atomic mass is 9.77. The summed E-state index contributed by atoms with van der Waals surface area (Å²) in [6.07, 6.45) is 13.2. The largest absolute Gasteiger partial charge is 0.452 e. The smallest absolute Gasteiger partial charge is 0.295 e. The Morgan fingerprint density at radius 3 is 2.20 bits per heavy atom. The normalized spacial score (nSPS) is 18.0. The molecule has 2 saturated carbocycles. The molecular formula is C38H37N2O+. The molecule has 4 aromatic carbocycles. The third kappa shape index (κ3) is 3.54. The monoisotopic (exact) mass is 537 g/mol. The molecule has 0 atom stereocenters. The Bertz CT molecular complexity index is 1940. The van der Waals surface area contributed by atoms with E-state index in [0.717, 1.165) is 17.7 Å². The van der Waals surface area contributed by atoms with Gasteiger partial charge in [-0.1, -0.05) is 93.1 Å². The summed E-state index contributed by atoms with van der Waals surface area (Å²) < 4.78 is 12.2. The summed E-state index contributed by atoms with van der Waals surface area (Å²) >= 11 is 0. The van der Waals surface area contributed by atoms with Crippen molar-refractivity contribution in [2.45, 2.75) is 82.6 Å². The number of benzene rings is 4. The average Bonchev–Trinajstić information content (AvgIpc) is 3.71. The number of aromatic nitrogens is 2. The van der Waals surface area contributed by atoms with Gasteiger partial charge in [0.2, 0.25) is 0 Å². The van der Waals surface area contributed by atoms with E-state index in [0.29, 0.717) is 11.8 Å². The van der Waals surface area contributed by atoms with Crippen LogP contribution < -0.4 is 4.57 Å². The molecule has 0 N–H and O–H groups in total. The topological polar surface area (TPSA) is 21.9 Å². The quantitative estimate of drug-likeness (QED) is 0.206. The van der Waals surface area contributed by atoms with E-state index in [1.54, 1.807) is 5.56 Å². The Morgan fingerprint density at radius 1 is 0.683 bits per heavy atom. The number of hydrogen-bond acceptors (Lipinski definition) is 1. The summed E-state index contributed by atoms with van der Waals surface area (Å²) in [5.74, 6) is 2.48. The first kappa shape index (κ1) is 23.8. The van der Waals surface area contributed by atoms with E-state index in [1.807, 2.05) is 0 Å². The highest BCUT2D eigenvalue weighted by Crippen LogP contribution is 2.49. The molecule has 3 heteroatoms. The maximum absolute atomic E-state index is 7.04. The van der Waals surface area contributed by atoms with Crippen molar-refractivity contribution in [3.05, 3.63) is 95.6 Å². The lowest BCUT2D eigenvalue weighted by Gasteiger charge is -2.27. The minimum Gasteiger partial charge on any atom is -0.452 e. The van der Waals surface area contributed by atoms with Crippen molar-refractivity contribution in [3.8, 4) is 17.1 Å². The molecular weight excluding hydrogens is 500 g/mol. The van der Waals surface area contributed by atoms with Crippen LogP contribution in [-0.2, 0) is 6.54 Å². The number of furan rings is 1. The molecule has 0 spiro atoms. The van der Waals surface area contributed by atoms with E-state index in [4.69, 9.17) is 4.42 Å². The molecule has 3 heterocycles. The third-order valence-corrected chi connectivity index (χ3v) is 10.5. The van der Waals surface area contributed by atoms with Gasteiger partial charge in [0.15, 0.2) is 22.3 Å². The van der Waals surface area contributed by atoms with Gasteiger partial charge in [0.05, 0.1) is 5.56 Å². The molecule has 9 rings (SSSR count). The minimum absolute atomic E-state index is 0.567. The highest BCUT2D eigenvalue weighted by atomic mass is 16.3. The maximum Gasteiger partial charge on any atom is 0.295 e. The van der Waals surface area contributed by atoms with Crippen LogP contribution in [0.1, 0.15) is 92.7 Å². The second-order valence-electron chi connectivity index (χ2n) is 12.8. The molecule has 0 radical (unpaired) electrons. The van der Waals surface area contributed by atoms with Crippen molar-refractivity contribution in [1.82, 2.24) is 4.57 Å². The molecule has 2 fully saturated rings. The van der Waals surface area contributed by atoms with E-state index in [-0.39, 0.29) is 0 Å². The van der Waals surface area contributed by atoms with E-state index >= 15 is 0 Å². The molecule has 3 nitrogen and oxygen atoms in total. The van der Waals surface area contributed by atoms with Gasteiger partial charge in [0.25, 0.3) is 5.82 Å². The number of para-hydroxylation sites is 3. The van der Waals surface area contributed by atoms with Gasteiger partial charge in [0.1, 0.15) is 12.1 Å². The van der Waals surface area contributed by atoms with Gasteiger partial charge in [-0.05, 0) is 67.3 Å². The lowest BCUT2D eigenvalue weighted by molar-refractivity contribution is -0.645. The van der Waals surface area contributed by atoms with Crippen LogP contribution >= 0.6 is 0 Å². The lowest BCUT2D eigenvalue weighted by Crippen LogP contribution is -2.31. The van der Waals surface area contributed by atoms with Crippen LogP contribution in [-0.4, -0.2) is 4.57 Å². The van der Waals surface area contributed by atoms with Gasteiger partial charge in [-0.2, -0.15) is 4.57 Å². The average molecular weight is 538 g/mol. The van der Waals surface area contributed by atoms with Crippen LogP contribution in [0, 0.1) is 0 Å². The second-order valence-corrected chi connectivity index (χ2v) is 12.8. The maximum atomic E-state index is 7.04. The fourth-order valence-corrected chi connectivity index (χ4v) is 8.56. The highest BCUT2D eigenvalue weighted by Gasteiger charge is 2.39. The Morgan fingerprint density at radius 2 is 1.37 bits per heavy atom. The van der Waals surface area contributed by atoms with Crippen LogP contribution in [0.4, 0.5) is 0 Å². The first-order valence-corrected chi connectivity index (χ1v) is 16.0. The predicted molar refractivity (Wildman–Crippen MR) is 167 cm³/mol. The predicted octanol–water partition coefficient (Wildman–Crippen LogP) is 9.94. The number of imidazole rings is 1. The summed E-state index contributed by atoms with van der Waals surface area (Å²) in [5, 5.41) is 2.64. The zero-order chi connectivity index (χ0) is 26.9. The zero-order valence-electron chi connectivity index (χ0n) is 23.7. The van der Waals surface area contributed by atoms with Gasteiger partial charge in [0, 0.05) is 21.9 Å². The van der Waals surface area contributed by atoms with E-state index < -0.39 is 0 Å². The van der Waals surface area contributed by atoms with Crippen molar-refractivity contribution < 1.29 is 8.98 Å². The van der Waals surface area contributed by atoms with Gasteiger partial charge in [-0.15, -0.1) is 0 Å². The van der Waals surface area contributed by atoms with E-state index in [9.17, 15) is 0 Å². The van der Waals surface area contributed by atoms with Gasteiger partial charge < -0.3 is 4.42 Å². The van der Waals surface area contributed by atoms with Crippen molar-refractivity contribution >= 4 is 33.0 Å². The number of hydrogen-bond donors (Lipinski definition) is 0. The number of fused-ring (bicyclic) bond motifs is 8. The molecule has 3 aliphatic rings. The summed E-state index contributed by atoms with van der Waals surface area (Å²) in [5.41, 5.74) is 11.8. The third-order valence-electron chi connectivity index (χ3n) is 10.5. The molecule has 0 unspecified atom stereocenters. The standard InChI is InChI=1S/C38H37N2O/c1-3-13-25(14-4-1)30-23-31(26-15-5-2-6-16-26)36(37-35(30)29-19-9-12-22-34(29)41-37)40-33-21-11-10-20-32(33)39-24-27-17-7-8-18-28(27)38(39)40/h7-12,17-23,25-26H,1-6,13-16,24H2/q+1. The van der Waals surface area contributed by atoms with E-state index in [2.05, 4.69) is 88.0 Å². The Hall–Kier alpha value is -3.85.